The first-order chi connectivity index (χ1) is 9.68. The summed E-state index contributed by atoms with van der Waals surface area (Å²) in [6.07, 6.45) is -3.74. The average molecular weight is 318 g/mol. The summed E-state index contributed by atoms with van der Waals surface area (Å²) in [4.78, 5) is 2.51. The molecule has 0 aliphatic heterocycles. The number of alkyl halides is 3. The van der Waals surface area contributed by atoms with Gasteiger partial charge in [-0.25, -0.2) is 0 Å². The maximum atomic E-state index is 12.7. The summed E-state index contributed by atoms with van der Waals surface area (Å²) in [5.41, 5.74) is 5.54. The summed E-state index contributed by atoms with van der Waals surface area (Å²) in [6, 6.07) is 5.45. The Bertz CT molecular complexity index is 472. The maximum absolute atomic E-state index is 12.7. The number of nitrogens with two attached hydrogens (primary N) is 1. The molecule has 0 heterocycles. The topological polar surface area (TPSA) is 29.3 Å². The average Bonchev–Trinajstić information content (AvgIpc) is 2.34. The van der Waals surface area contributed by atoms with Crippen molar-refractivity contribution in [3.05, 3.63) is 35.4 Å². The van der Waals surface area contributed by atoms with E-state index in [-0.39, 0.29) is 0 Å². The van der Waals surface area contributed by atoms with Crippen LogP contribution >= 0.6 is 12.2 Å². The third kappa shape index (κ3) is 6.91. The highest BCUT2D eigenvalue weighted by Crippen LogP contribution is 2.29. The Kier molecular flexibility index (Phi) is 6.61. The van der Waals surface area contributed by atoms with Gasteiger partial charge in [0.1, 0.15) is 0 Å². The Morgan fingerprint density at radius 2 is 2.00 bits per heavy atom. The number of hydrogen-bond acceptors (Lipinski definition) is 2. The van der Waals surface area contributed by atoms with E-state index in [1.807, 2.05) is 0 Å². The van der Waals surface area contributed by atoms with Gasteiger partial charge in [-0.05, 0) is 17.5 Å². The van der Waals surface area contributed by atoms with Crippen LogP contribution in [0.5, 0.6) is 0 Å². The van der Waals surface area contributed by atoms with Crippen LogP contribution < -0.4 is 5.73 Å². The van der Waals surface area contributed by atoms with Gasteiger partial charge in [0.25, 0.3) is 0 Å². The van der Waals surface area contributed by atoms with Crippen LogP contribution in [0.2, 0.25) is 0 Å². The number of nitrogens with zero attached hydrogens (tertiary/aromatic N) is 1. The largest absolute Gasteiger partial charge is 0.416 e. The zero-order valence-corrected chi connectivity index (χ0v) is 13.1. The molecule has 0 saturated carbocycles. The summed E-state index contributed by atoms with van der Waals surface area (Å²) in [7, 11) is 0. The van der Waals surface area contributed by atoms with Crippen LogP contribution in [0.3, 0.4) is 0 Å². The van der Waals surface area contributed by atoms with E-state index in [0.717, 1.165) is 12.6 Å². The molecule has 1 rings (SSSR count). The third-order valence-electron chi connectivity index (χ3n) is 2.96. The minimum absolute atomic E-state index is 0.419. The standard InChI is InChI=1S/C15H21F3N2S/c1-11(2)9-20(7-6-14(19)21)10-12-4-3-5-13(8-12)15(16,17)18/h3-5,8,11H,6-7,9-10H2,1-2H3,(H2,19,21). The molecule has 1 aromatic rings. The van der Waals surface area contributed by atoms with Crippen molar-refractivity contribution in [1.82, 2.24) is 4.90 Å². The van der Waals surface area contributed by atoms with E-state index in [9.17, 15) is 13.2 Å². The number of rotatable bonds is 7. The van der Waals surface area contributed by atoms with Gasteiger partial charge in [0.2, 0.25) is 0 Å². The van der Waals surface area contributed by atoms with E-state index < -0.39 is 11.7 Å². The van der Waals surface area contributed by atoms with Crippen LogP contribution in [0.4, 0.5) is 13.2 Å². The molecule has 6 heteroatoms. The molecule has 21 heavy (non-hydrogen) atoms. The molecule has 0 radical (unpaired) electrons. The second-order valence-corrected chi connectivity index (χ2v) is 6.07. The molecule has 118 valence electrons. The van der Waals surface area contributed by atoms with Crippen molar-refractivity contribution >= 4 is 17.2 Å². The summed E-state index contributed by atoms with van der Waals surface area (Å²) >= 11 is 4.86. The second kappa shape index (κ2) is 7.75. The van der Waals surface area contributed by atoms with Gasteiger partial charge in [-0.1, -0.05) is 44.3 Å². The SMILES string of the molecule is CC(C)CN(CCC(N)=S)Cc1cccc(C(F)(F)F)c1. The molecule has 2 N–H and O–H groups in total. The Balaban J connectivity index is 2.80. The van der Waals surface area contributed by atoms with Crippen molar-refractivity contribution in [2.45, 2.75) is 33.0 Å². The van der Waals surface area contributed by atoms with Gasteiger partial charge >= 0.3 is 6.18 Å². The van der Waals surface area contributed by atoms with Gasteiger partial charge in [0.15, 0.2) is 0 Å². The summed E-state index contributed by atoms with van der Waals surface area (Å²) in [5.74, 6) is 0.419. The predicted molar refractivity (Wildman–Crippen MR) is 83.0 cm³/mol. The smallest absolute Gasteiger partial charge is 0.393 e. The fourth-order valence-corrected chi connectivity index (χ4v) is 2.22. The molecule has 0 unspecified atom stereocenters. The zero-order valence-electron chi connectivity index (χ0n) is 12.3. The van der Waals surface area contributed by atoms with E-state index in [2.05, 4.69) is 18.7 Å². The van der Waals surface area contributed by atoms with Crippen LogP contribution in [0.15, 0.2) is 24.3 Å². The highest BCUT2D eigenvalue weighted by Gasteiger charge is 2.30. The highest BCUT2D eigenvalue weighted by atomic mass is 32.1. The van der Waals surface area contributed by atoms with Crippen LogP contribution in [-0.4, -0.2) is 23.0 Å². The molecule has 0 atom stereocenters. The van der Waals surface area contributed by atoms with Gasteiger partial charge in [-0.2, -0.15) is 13.2 Å². The van der Waals surface area contributed by atoms with E-state index in [4.69, 9.17) is 18.0 Å². The van der Waals surface area contributed by atoms with Crippen LogP contribution in [0.25, 0.3) is 0 Å². The molecule has 0 aromatic heterocycles. The molecular weight excluding hydrogens is 297 g/mol. The minimum atomic E-state index is -4.31. The molecule has 0 fully saturated rings. The summed E-state index contributed by atoms with van der Waals surface area (Å²) in [6.45, 7) is 6.05. The molecular formula is C15H21F3N2S. The minimum Gasteiger partial charge on any atom is -0.393 e. The molecule has 0 bridgehead atoms. The Hall–Kier alpha value is -1.14. The zero-order chi connectivity index (χ0) is 16.0. The third-order valence-corrected chi connectivity index (χ3v) is 3.16. The van der Waals surface area contributed by atoms with E-state index in [1.165, 1.54) is 12.1 Å². The van der Waals surface area contributed by atoms with Crippen LogP contribution in [0.1, 0.15) is 31.4 Å². The van der Waals surface area contributed by atoms with Gasteiger partial charge in [0.05, 0.1) is 10.6 Å². The number of hydrogen-bond donors (Lipinski definition) is 1. The van der Waals surface area contributed by atoms with Crippen molar-refractivity contribution in [3.63, 3.8) is 0 Å². The number of thiocarbonyl (C=S) groups is 1. The molecule has 0 amide bonds. The summed E-state index contributed by atoms with van der Waals surface area (Å²) < 4.78 is 38.2. The maximum Gasteiger partial charge on any atom is 0.416 e. The first-order valence-corrected chi connectivity index (χ1v) is 7.26. The second-order valence-electron chi connectivity index (χ2n) is 5.54. The molecule has 2 nitrogen and oxygen atoms in total. The molecule has 0 aliphatic carbocycles. The monoisotopic (exact) mass is 318 g/mol. The highest BCUT2D eigenvalue weighted by molar-refractivity contribution is 7.80. The molecule has 0 saturated heterocycles. The lowest BCUT2D eigenvalue weighted by Crippen LogP contribution is -2.30. The number of halogens is 3. The van der Waals surface area contributed by atoms with Gasteiger partial charge < -0.3 is 5.73 Å². The van der Waals surface area contributed by atoms with E-state index in [1.54, 1.807) is 6.07 Å². The van der Waals surface area contributed by atoms with E-state index in [0.29, 0.717) is 36.0 Å². The van der Waals surface area contributed by atoms with Gasteiger partial charge in [-0.3, -0.25) is 4.90 Å². The first kappa shape index (κ1) is 17.9. The van der Waals surface area contributed by atoms with Crippen molar-refractivity contribution in [2.24, 2.45) is 11.7 Å². The normalized spacial score (nSPS) is 12.1. The fourth-order valence-electron chi connectivity index (χ4n) is 2.12. The van der Waals surface area contributed by atoms with Crippen LogP contribution in [-0.2, 0) is 12.7 Å². The first-order valence-electron chi connectivity index (χ1n) is 6.85. The van der Waals surface area contributed by atoms with Crippen molar-refractivity contribution < 1.29 is 13.2 Å². The van der Waals surface area contributed by atoms with Gasteiger partial charge in [-0.15, -0.1) is 0 Å². The lowest BCUT2D eigenvalue weighted by atomic mass is 10.1. The Labute approximate surface area is 129 Å². The van der Waals surface area contributed by atoms with E-state index >= 15 is 0 Å². The number of benzene rings is 1. The lowest BCUT2D eigenvalue weighted by molar-refractivity contribution is -0.137. The van der Waals surface area contributed by atoms with Gasteiger partial charge in [0, 0.05) is 26.1 Å². The van der Waals surface area contributed by atoms with Crippen molar-refractivity contribution in [1.29, 1.82) is 0 Å². The van der Waals surface area contributed by atoms with Crippen LogP contribution in [0, 0.1) is 5.92 Å². The Morgan fingerprint density at radius 1 is 1.33 bits per heavy atom. The molecule has 0 spiro atoms. The lowest BCUT2D eigenvalue weighted by Gasteiger charge is -2.24. The summed E-state index contributed by atoms with van der Waals surface area (Å²) in [5, 5.41) is 0. The predicted octanol–water partition coefficient (Wildman–Crippen LogP) is 3.84. The molecule has 0 aliphatic rings. The Morgan fingerprint density at radius 3 is 2.52 bits per heavy atom. The molecule has 1 aromatic carbocycles. The van der Waals surface area contributed by atoms with Crippen molar-refractivity contribution in [3.8, 4) is 0 Å². The fraction of sp³-hybridized carbons (Fsp3) is 0.533. The quantitative estimate of drug-likeness (QED) is 0.775. The van der Waals surface area contributed by atoms with Crippen molar-refractivity contribution in [2.75, 3.05) is 13.1 Å².